The van der Waals surface area contributed by atoms with E-state index < -0.39 is 44.1 Å². The van der Waals surface area contributed by atoms with Gasteiger partial charge < -0.3 is 29.6 Å². The standard InChI is InChI=1S/C30H39N6O8P/c1-17-24(37)22(43-27(17)36-16-32-23-25(36)33-29(31)34-26(23)40-6)14-42-45(39,35-18(2)28(38)41-15-30(3,4)5)44-21-13-9-11-19-10-7-8-12-20(19)21/h7-13,16-18,22,24,27,37H,14-15H2,1-6H3,(H,35,39)(H2,31,33,34)/t17-,18+,22+,24-,27?,45?/m0/s1. The second-order valence-corrected chi connectivity index (χ2v) is 13.9. The number of hydrogen-bond acceptors (Lipinski definition) is 12. The van der Waals surface area contributed by atoms with E-state index in [4.69, 9.17) is 29.0 Å². The first-order chi connectivity index (χ1) is 21.3. The van der Waals surface area contributed by atoms with Gasteiger partial charge in [0, 0.05) is 11.3 Å². The summed E-state index contributed by atoms with van der Waals surface area (Å²) in [6.07, 6.45) is -1.19. The monoisotopic (exact) mass is 642 g/mol. The van der Waals surface area contributed by atoms with Crippen LogP contribution in [0.25, 0.3) is 21.9 Å². The predicted octanol–water partition coefficient (Wildman–Crippen LogP) is 4.24. The number of hydrogen-bond donors (Lipinski definition) is 3. The van der Waals surface area contributed by atoms with E-state index in [0.29, 0.717) is 16.6 Å². The summed E-state index contributed by atoms with van der Waals surface area (Å²) in [7, 11) is -2.82. The number of benzene rings is 2. The van der Waals surface area contributed by atoms with E-state index in [1.807, 2.05) is 51.1 Å². The average Bonchev–Trinajstić information content (AvgIpc) is 3.54. The van der Waals surface area contributed by atoms with Crippen LogP contribution in [0, 0.1) is 11.3 Å². The summed E-state index contributed by atoms with van der Waals surface area (Å²) in [5.74, 6) is -0.606. The number of fused-ring (bicyclic) bond motifs is 2. The number of nitrogen functional groups attached to an aromatic ring is 1. The summed E-state index contributed by atoms with van der Waals surface area (Å²) >= 11 is 0. The number of aliphatic hydroxyl groups is 1. The fourth-order valence-electron chi connectivity index (χ4n) is 4.95. The van der Waals surface area contributed by atoms with E-state index in [-0.39, 0.29) is 36.2 Å². The molecule has 3 heterocycles. The Labute approximate surface area is 260 Å². The number of imidazole rings is 1. The van der Waals surface area contributed by atoms with Crippen molar-refractivity contribution in [1.29, 1.82) is 0 Å². The van der Waals surface area contributed by atoms with Crippen LogP contribution in [-0.4, -0.2) is 69.2 Å². The topological polar surface area (TPSA) is 182 Å². The largest absolute Gasteiger partial charge is 0.479 e. The summed E-state index contributed by atoms with van der Waals surface area (Å²) in [6.45, 7) is 8.93. The third-order valence-electron chi connectivity index (χ3n) is 7.29. The molecule has 6 atom stereocenters. The first kappa shape index (κ1) is 32.6. The van der Waals surface area contributed by atoms with Gasteiger partial charge in [0.2, 0.25) is 11.8 Å². The van der Waals surface area contributed by atoms with Crippen LogP contribution in [0.2, 0.25) is 0 Å². The second-order valence-electron chi connectivity index (χ2n) is 12.2. The second kappa shape index (κ2) is 12.9. The molecule has 0 amide bonds. The SMILES string of the molecule is COc1nc(N)nc2c1ncn2C1O[C@H](COP(=O)(N[C@H](C)C(=O)OCC(C)(C)C)Oc2cccc3ccccc23)[C@@H](O)[C@@H]1C. The number of nitrogens with zero attached hydrogens (tertiary/aromatic N) is 4. The molecule has 2 aromatic heterocycles. The molecular formula is C30H39N6O8P. The molecular weight excluding hydrogens is 603 g/mol. The lowest BCUT2D eigenvalue weighted by Gasteiger charge is -2.26. The molecule has 5 rings (SSSR count). The van der Waals surface area contributed by atoms with Crippen molar-refractivity contribution in [2.75, 3.05) is 26.1 Å². The van der Waals surface area contributed by atoms with Crippen molar-refractivity contribution < 1.29 is 37.7 Å². The number of nitrogens with one attached hydrogen (secondary N) is 1. The molecule has 4 aromatic rings. The van der Waals surface area contributed by atoms with Gasteiger partial charge in [-0.2, -0.15) is 15.1 Å². The minimum absolute atomic E-state index is 0.0140. The van der Waals surface area contributed by atoms with Crippen LogP contribution in [0.1, 0.15) is 40.8 Å². The molecule has 1 fully saturated rings. The zero-order valence-electron chi connectivity index (χ0n) is 26.0. The number of ether oxygens (including phenoxy) is 3. The number of carbonyl (C=O) groups excluding carboxylic acids is 1. The van der Waals surface area contributed by atoms with E-state index in [9.17, 15) is 14.5 Å². The highest BCUT2D eigenvalue weighted by Crippen LogP contribution is 2.48. The normalized spacial score (nSPS) is 22.3. The molecule has 242 valence electrons. The Bertz CT molecular complexity index is 1720. The molecule has 1 saturated heterocycles. The number of aliphatic hydroxyl groups excluding tert-OH is 1. The number of rotatable bonds is 11. The van der Waals surface area contributed by atoms with Crippen LogP contribution in [-0.2, 0) is 23.4 Å². The molecule has 15 heteroatoms. The van der Waals surface area contributed by atoms with Gasteiger partial charge in [-0.1, -0.05) is 64.1 Å². The smallest absolute Gasteiger partial charge is 0.459 e. The molecule has 0 spiro atoms. The van der Waals surface area contributed by atoms with Crippen molar-refractivity contribution in [2.24, 2.45) is 11.3 Å². The van der Waals surface area contributed by atoms with Crippen molar-refractivity contribution in [3.8, 4) is 11.6 Å². The summed E-state index contributed by atoms with van der Waals surface area (Å²) in [5, 5.41) is 15.4. The maximum Gasteiger partial charge on any atom is 0.459 e. The molecule has 1 aliphatic heterocycles. The first-order valence-electron chi connectivity index (χ1n) is 14.5. The molecule has 14 nitrogen and oxygen atoms in total. The number of methoxy groups -OCH3 is 1. The Kier molecular flexibility index (Phi) is 9.33. The number of esters is 1. The quantitative estimate of drug-likeness (QED) is 0.156. The van der Waals surface area contributed by atoms with E-state index >= 15 is 0 Å². The van der Waals surface area contributed by atoms with Crippen LogP contribution in [0.15, 0.2) is 48.8 Å². The lowest BCUT2D eigenvalue weighted by atomic mass is 9.99. The summed E-state index contributed by atoms with van der Waals surface area (Å²) in [5.41, 5.74) is 6.35. The molecule has 1 aliphatic rings. The molecule has 45 heavy (non-hydrogen) atoms. The zero-order chi connectivity index (χ0) is 32.5. The van der Waals surface area contributed by atoms with Gasteiger partial charge in [-0.3, -0.25) is 13.9 Å². The van der Waals surface area contributed by atoms with Crippen molar-refractivity contribution >= 4 is 41.6 Å². The Morgan fingerprint density at radius 3 is 2.67 bits per heavy atom. The maximum absolute atomic E-state index is 14.3. The predicted molar refractivity (Wildman–Crippen MR) is 167 cm³/mol. The third kappa shape index (κ3) is 7.21. The van der Waals surface area contributed by atoms with E-state index in [1.165, 1.54) is 20.4 Å². The summed E-state index contributed by atoms with van der Waals surface area (Å²) in [6, 6.07) is 11.7. The zero-order valence-corrected chi connectivity index (χ0v) is 26.9. The molecule has 2 aromatic carbocycles. The van der Waals surface area contributed by atoms with Crippen molar-refractivity contribution in [2.45, 2.75) is 59.1 Å². The van der Waals surface area contributed by atoms with Gasteiger partial charge in [0.15, 0.2) is 11.2 Å². The van der Waals surface area contributed by atoms with Gasteiger partial charge in [0.25, 0.3) is 0 Å². The number of aromatic nitrogens is 4. The van der Waals surface area contributed by atoms with Gasteiger partial charge in [-0.05, 0) is 23.8 Å². The Morgan fingerprint density at radius 1 is 1.20 bits per heavy atom. The van der Waals surface area contributed by atoms with Gasteiger partial charge in [-0.15, -0.1) is 0 Å². The minimum Gasteiger partial charge on any atom is -0.479 e. The fourth-order valence-corrected chi connectivity index (χ4v) is 6.47. The third-order valence-corrected chi connectivity index (χ3v) is 8.92. The summed E-state index contributed by atoms with van der Waals surface area (Å²) in [4.78, 5) is 25.5. The first-order valence-corrected chi connectivity index (χ1v) is 16.1. The van der Waals surface area contributed by atoms with Crippen LogP contribution in [0.4, 0.5) is 5.95 Å². The number of nitrogens with two attached hydrogens (primary N) is 1. The molecule has 0 aliphatic carbocycles. The maximum atomic E-state index is 14.3. The van der Waals surface area contributed by atoms with Crippen LogP contribution >= 0.6 is 7.75 Å². The number of anilines is 1. The lowest BCUT2D eigenvalue weighted by molar-refractivity contribution is -0.148. The Balaban J connectivity index is 1.37. The fraction of sp³-hybridized carbons (Fsp3) is 0.467. The highest BCUT2D eigenvalue weighted by Gasteiger charge is 2.44. The average molecular weight is 643 g/mol. The minimum atomic E-state index is -4.27. The molecule has 0 saturated carbocycles. The Hall–Kier alpha value is -3.81. The molecule has 4 N–H and O–H groups in total. The highest BCUT2D eigenvalue weighted by molar-refractivity contribution is 7.52. The number of carbonyl (C=O) groups is 1. The summed E-state index contributed by atoms with van der Waals surface area (Å²) < 4.78 is 44.8. The van der Waals surface area contributed by atoms with Gasteiger partial charge in [0.1, 0.15) is 24.1 Å². The van der Waals surface area contributed by atoms with Crippen molar-refractivity contribution in [3.05, 3.63) is 48.8 Å². The molecule has 0 radical (unpaired) electrons. The van der Waals surface area contributed by atoms with E-state index in [1.54, 1.807) is 23.6 Å². The van der Waals surface area contributed by atoms with Crippen LogP contribution < -0.4 is 20.1 Å². The van der Waals surface area contributed by atoms with Gasteiger partial charge >= 0.3 is 13.7 Å². The van der Waals surface area contributed by atoms with Crippen LogP contribution in [0.5, 0.6) is 11.6 Å². The molecule has 2 unspecified atom stereocenters. The van der Waals surface area contributed by atoms with Crippen LogP contribution in [0.3, 0.4) is 0 Å². The van der Waals surface area contributed by atoms with E-state index in [2.05, 4.69) is 20.0 Å². The van der Waals surface area contributed by atoms with Gasteiger partial charge in [0.05, 0.1) is 32.8 Å². The molecule has 0 bridgehead atoms. The highest BCUT2D eigenvalue weighted by atomic mass is 31.2. The van der Waals surface area contributed by atoms with Crippen molar-refractivity contribution in [3.63, 3.8) is 0 Å². The van der Waals surface area contributed by atoms with Gasteiger partial charge in [-0.25, -0.2) is 9.55 Å². The van der Waals surface area contributed by atoms with E-state index in [0.717, 1.165) is 5.39 Å². The lowest BCUT2D eigenvalue weighted by Crippen LogP contribution is -2.37. The van der Waals surface area contributed by atoms with Crippen molar-refractivity contribution in [1.82, 2.24) is 24.6 Å². The Morgan fingerprint density at radius 2 is 1.93 bits per heavy atom.